The van der Waals surface area contributed by atoms with E-state index >= 15 is 0 Å². The van der Waals surface area contributed by atoms with Gasteiger partial charge in [0.2, 0.25) is 0 Å². The molecule has 4 nitrogen and oxygen atoms in total. The van der Waals surface area contributed by atoms with E-state index in [9.17, 15) is 4.79 Å². The van der Waals surface area contributed by atoms with Gasteiger partial charge in [0, 0.05) is 5.56 Å². The molecule has 0 N–H and O–H groups in total. The Balaban J connectivity index is 2.60. The Morgan fingerprint density at radius 2 is 1.80 bits per heavy atom. The number of aromatic nitrogens is 2. The molecule has 1 heterocycles. The van der Waals surface area contributed by atoms with Crippen LogP contribution in [-0.4, -0.2) is 9.78 Å². The molecule has 0 aliphatic heterocycles. The fourth-order valence-corrected chi connectivity index (χ4v) is 2.12. The van der Waals surface area contributed by atoms with Crippen LogP contribution in [0.15, 0.2) is 29.1 Å². The molecule has 0 aliphatic rings. The Morgan fingerprint density at radius 3 is 2.30 bits per heavy atom. The number of aryl methyl sites for hydroxylation is 1. The zero-order chi connectivity index (χ0) is 14.9. The van der Waals surface area contributed by atoms with Gasteiger partial charge < -0.3 is 0 Å². The van der Waals surface area contributed by atoms with E-state index in [-0.39, 0.29) is 5.56 Å². The van der Waals surface area contributed by atoms with Crippen molar-refractivity contribution in [3.05, 3.63) is 57.0 Å². The average molecular weight is 267 g/mol. The van der Waals surface area contributed by atoms with Crippen LogP contribution < -0.4 is 5.56 Å². The number of nitrogens with zero attached hydrogens (tertiary/aromatic N) is 3. The number of benzene rings is 1. The van der Waals surface area contributed by atoms with Crippen molar-refractivity contribution < 1.29 is 0 Å². The number of hydrogen-bond donors (Lipinski definition) is 0. The minimum absolute atomic E-state index is 0.246. The largest absolute Gasteiger partial charge is 0.275 e. The predicted molar refractivity (Wildman–Crippen MR) is 78.1 cm³/mol. The van der Waals surface area contributed by atoms with Crippen LogP contribution in [0.4, 0.5) is 0 Å². The summed E-state index contributed by atoms with van der Waals surface area (Å²) in [6, 6.07) is 9.79. The fraction of sp³-hybridized carbons (Fsp3) is 0.312. The van der Waals surface area contributed by atoms with Crippen molar-refractivity contribution in [2.45, 2.75) is 33.6 Å². The lowest BCUT2D eigenvalue weighted by atomic mass is 10.0. The van der Waals surface area contributed by atoms with Gasteiger partial charge >= 0.3 is 0 Å². The van der Waals surface area contributed by atoms with Gasteiger partial charge in [-0.1, -0.05) is 26.0 Å². The average Bonchev–Trinajstić information content (AvgIpc) is 2.43. The van der Waals surface area contributed by atoms with E-state index in [1.165, 1.54) is 10.2 Å². The van der Waals surface area contributed by atoms with Crippen LogP contribution in [0.25, 0.3) is 5.69 Å². The molecule has 0 fully saturated rings. The molecule has 0 saturated heterocycles. The second kappa shape index (κ2) is 5.30. The summed E-state index contributed by atoms with van der Waals surface area (Å²) in [6.45, 7) is 7.64. The quantitative estimate of drug-likeness (QED) is 0.840. The van der Waals surface area contributed by atoms with Crippen molar-refractivity contribution in [2.24, 2.45) is 0 Å². The van der Waals surface area contributed by atoms with E-state index in [0.717, 1.165) is 5.69 Å². The van der Waals surface area contributed by atoms with Crippen LogP contribution in [0, 0.1) is 25.2 Å². The van der Waals surface area contributed by atoms with Gasteiger partial charge in [-0.15, -0.1) is 0 Å². The van der Waals surface area contributed by atoms with Crippen LogP contribution in [0.5, 0.6) is 0 Å². The molecule has 0 aliphatic carbocycles. The van der Waals surface area contributed by atoms with Crippen molar-refractivity contribution in [1.82, 2.24) is 9.78 Å². The van der Waals surface area contributed by atoms with Gasteiger partial charge in [-0.25, -0.2) is 0 Å². The van der Waals surface area contributed by atoms with Crippen molar-refractivity contribution in [1.29, 1.82) is 5.26 Å². The minimum atomic E-state index is -0.246. The molecule has 0 amide bonds. The van der Waals surface area contributed by atoms with E-state index in [0.29, 0.717) is 22.7 Å². The maximum Gasteiger partial charge on any atom is 0.275 e. The summed E-state index contributed by atoms with van der Waals surface area (Å²) >= 11 is 0. The second-order valence-electron chi connectivity index (χ2n) is 5.16. The zero-order valence-corrected chi connectivity index (χ0v) is 12.1. The Hall–Kier alpha value is -2.41. The third-order valence-corrected chi connectivity index (χ3v) is 3.42. The molecule has 102 valence electrons. The molecule has 4 heteroatoms. The highest BCUT2D eigenvalue weighted by molar-refractivity contribution is 5.41. The Morgan fingerprint density at radius 1 is 1.20 bits per heavy atom. The maximum atomic E-state index is 12.3. The molecular formula is C16H17N3O. The molecule has 2 aromatic rings. The highest BCUT2D eigenvalue weighted by atomic mass is 16.1. The standard InChI is InChI=1S/C16H17N3O/c1-10(2)13-5-7-14(8-6-13)19-16(20)11(3)15(9-17)12(4)18-19/h5-8,10H,1-4H3. The first-order chi connectivity index (χ1) is 9.45. The predicted octanol–water partition coefficient (Wildman–Crippen LogP) is 2.84. The summed E-state index contributed by atoms with van der Waals surface area (Å²) in [5, 5.41) is 13.3. The van der Waals surface area contributed by atoms with E-state index in [2.05, 4.69) is 18.9 Å². The lowest BCUT2D eigenvalue weighted by Crippen LogP contribution is -2.25. The van der Waals surface area contributed by atoms with Gasteiger partial charge in [0.05, 0.1) is 16.9 Å². The first-order valence-electron chi connectivity index (χ1n) is 6.56. The van der Waals surface area contributed by atoms with Crippen LogP contribution in [0.3, 0.4) is 0 Å². The summed E-state index contributed by atoms with van der Waals surface area (Å²) in [5.41, 5.74) is 3.05. The van der Waals surface area contributed by atoms with E-state index in [1.54, 1.807) is 13.8 Å². The van der Waals surface area contributed by atoms with Crippen LogP contribution in [0.1, 0.15) is 42.1 Å². The molecule has 0 radical (unpaired) electrons. The highest BCUT2D eigenvalue weighted by Crippen LogP contribution is 2.16. The smallest absolute Gasteiger partial charge is 0.267 e. The van der Waals surface area contributed by atoms with E-state index in [1.807, 2.05) is 30.3 Å². The molecule has 1 aromatic carbocycles. The fourth-order valence-electron chi connectivity index (χ4n) is 2.12. The lowest BCUT2D eigenvalue weighted by Gasteiger charge is -2.10. The Labute approximate surface area is 118 Å². The molecule has 1 aromatic heterocycles. The van der Waals surface area contributed by atoms with Crippen molar-refractivity contribution in [3.63, 3.8) is 0 Å². The van der Waals surface area contributed by atoms with Crippen molar-refractivity contribution >= 4 is 0 Å². The summed E-state index contributed by atoms with van der Waals surface area (Å²) in [6.07, 6.45) is 0. The monoisotopic (exact) mass is 267 g/mol. The van der Waals surface area contributed by atoms with Gasteiger partial charge in [-0.05, 0) is 37.5 Å². The topological polar surface area (TPSA) is 58.7 Å². The molecule has 0 spiro atoms. The van der Waals surface area contributed by atoms with Crippen molar-refractivity contribution in [3.8, 4) is 11.8 Å². The minimum Gasteiger partial charge on any atom is -0.267 e. The third-order valence-electron chi connectivity index (χ3n) is 3.42. The van der Waals surface area contributed by atoms with E-state index < -0.39 is 0 Å². The van der Waals surface area contributed by atoms with Gasteiger partial charge in [0.1, 0.15) is 6.07 Å². The number of nitriles is 1. The first kappa shape index (κ1) is 14.0. The number of rotatable bonds is 2. The van der Waals surface area contributed by atoms with Gasteiger partial charge in [-0.3, -0.25) is 4.79 Å². The molecular weight excluding hydrogens is 250 g/mol. The Kier molecular flexibility index (Phi) is 3.71. The zero-order valence-electron chi connectivity index (χ0n) is 12.1. The van der Waals surface area contributed by atoms with Crippen LogP contribution >= 0.6 is 0 Å². The summed E-state index contributed by atoms with van der Waals surface area (Å²) < 4.78 is 1.36. The van der Waals surface area contributed by atoms with Crippen LogP contribution in [-0.2, 0) is 0 Å². The lowest BCUT2D eigenvalue weighted by molar-refractivity contribution is 0.770. The summed E-state index contributed by atoms with van der Waals surface area (Å²) in [7, 11) is 0. The van der Waals surface area contributed by atoms with Crippen LogP contribution in [0.2, 0.25) is 0 Å². The summed E-state index contributed by atoms with van der Waals surface area (Å²) in [4.78, 5) is 12.3. The molecule has 0 atom stereocenters. The normalized spacial score (nSPS) is 10.6. The molecule has 0 saturated carbocycles. The second-order valence-corrected chi connectivity index (χ2v) is 5.16. The highest BCUT2D eigenvalue weighted by Gasteiger charge is 2.12. The molecule has 0 unspecified atom stereocenters. The maximum absolute atomic E-state index is 12.3. The third kappa shape index (κ3) is 2.35. The molecule has 20 heavy (non-hydrogen) atoms. The molecule has 0 bridgehead atoms. The Bertz CT molecular complexity index is 734. The van der Waals surface area contributed by atoms with E-state index in [4.69, 9.17) is 5.26 Å². The van der Waals surface area contributed by atoms with Gasteiger partial charge in [0.25, 0.3) is 5.56 Å². The SMILES string of the molecule is Cc1nn(-c2ccc(C(C)C)cc2)c(=O)c(C)c1C#N. The first-order valence-corrected chi connectivity index (χ1v) is 6.56. The van der Waals surface area contributed by atoms with Gasteiger partial charge in [0.15, 0.2) is 0 Å². The van der Waals surface area contributed by atoms with Crippen molar-refractivity contribution in [2.75, 3.05) is 0 Å². The molecule has 2 rings (SSSR count). The number of hydrogen-bond acceptors (Lipinski definition) is 3. The summed E-state index contributed by atoms with van der Waals surface area (Å²) in [5.74, 6) is 0.443. The van der Waals surface area contributed by atoms with Gasteiger partial charge in [-0.2, -0.15) is 15.0 Å².